The second-order valence-corrected chi connectivity index (χ2v) is 22.5. The molecule has 1 aromatic carbocycles. The number of aromatic hydroxyl groups is 1. The van der Waals surface area contributed by atoms with Gasteiger partial charge in [-0.3, -0.25) is 86.7 Å². The number of carboxylic acids is 6. The topological polar surface area (TPSA) is 690 Å². The molecular formula is C57H89N17O23. The number of phenolic OH excluding ortho intramolecular Hbond substituents is 1. The lowest BCUT2D eigenvalue weighted by molar-refractivity contribution is -0.141. The summed E-state index contributed by atoms with van der Waals surface area (Å²) in [6.45, 7) is 3.65. The van der Waals surface area contributed by atoms with Gasteiger partial charge in [0.25, 0.3) is 0 Å². The Morgan fingerprint density at radius 2 is 0.691 bits per heavy atom. The van der Waals surface area contributed by atoms with E-state index in [-0.39, 0.29) is 75.2 Å². The van der Waals surface area contributed by atoms with E-state index >= 15 is 0 Å². The summed E-state index contributed by atoms with van der Waals surface area (Å²) in [6, 6.07) is -11.8. The van der Waals surface area contributed by atoms with Gasteiger partial charge in [0.15, 0.2) is 11.9 Å². The molecule has 40 nitrogen and oxygen atoms in total. The third kappa shape index (κ3) is 36.3. The Bertz CT molecular complexity index is 3000. The molecule has 0 spiro atoms. The number of guanidine groups is 2. The molecule has 0 fully saturated rings. The summed E-state index contributed by atoms with van der Waals surface area (Å²) in [5.41, 5.74) is 28.0. The summed E-state index contributed by atoms with van der Waals surface area (Å²) in [4.78, 5) is 216. The van der Waals surface area contributed by atoms with Gasteiger partial charge in [-0.2, -0.15) is 0 Å². The minimum atomic E-state index is -2.06. The number of aliphatic imine (C=N–C) groups is 2. The molecule has 0 saturated carbocycles. The van der Waals surface area contributed by atoms with Crippen molar-refractivity contribution in [1.29, 1.82) is 0 Å². The van der Waals surface area contributed by atoms with Crippen LogP contribution < -0.4 is 81.8 Å². The highest BCUT2D eigenvalue weighted by molar-refractivity contribution is 5.99. The highest BCUT2D eigenvalue weighted by Crippen LogP contribution is 2.14. The van der Waals surface area contributed by atoms with E-state index < -0.39 is 226 Å². The molecule has 1 rings (SSSR count). The van der Waals surface area contributed by atoms with Gasteiger partial charge in [0.05, 0.1) is 6.04 Å². The van der Waals surface area contributed by atoms with Crippen LogP contribution in [-0.2, 0) is 83.1 Å². The number of nitrogens with zero attached hydrogens (tertiary/aromatic N) is 2. The fourth-order valence-corrected chi connectivity index (χ4v) is 8.76. The van der Waals surface area contributed by atoms with E-state index in [1.165, 1.54) is 24.3 Å². The third-order valence-electron chi connectivity index (χ3n) is 13.8. The highest BCUT2D eigenvalue weighted by Gasteiger charge is 2.37. The predicted molar refractivity (Wildman–Crippen MR) is 337 cm³/mol. The van der Waals surface area contributed by atoms with Crippen LogP contribution in [0.2, 0.25) is 0 Å². The SMILES string of the molecule is CC(C)C[C@H](NC(=O)[C@H](CCCN=C(N)N)NC(=O)[C@@H](N)CCCN=C(N)N)C(=O)N[C@@H](CCC(=O)O)C(=O)N[C@@H](CCC(=O)O)C(=O)N[C@@H](CCC(=O)O)C(=O)N[C@@H](CCC(=O)O)C(=O)N[C@@H](CCC(=O)O)C(=O)N[C@@H](C)C(=O)N[C@@H](Cc1ccc(O)cc1)C(=O)NCC(=O)O. The quantitative estimate of drug-likeness (QED) is 0.0164. The number of phenols is 1. The molecule has 1 aromatic rings. The Morgan fingerprint density at radius 3 is 1.03 bits per heavy atom. The number of nitrogens with two attached hydrogens (primary N) is 5. The lowest BCUT2D eigenvalue weighted by Gasteiger charge is -2.28. The molecule has 0 aliphatic carbocycles. The Kier molecular flexibility index (Phi) is 38.0. The number of carbonyl (C=O) groups excluding carboxylic acids is 10. The van der Waals surface area contributed by atoms with E-state index in [4.69, 9.17) is 33.8 Å². The van der Waals surface area contributed by atoms with Crippen LogP contribution in [0.3, 0.4) is 0 Å². The molecule has 97 heavy (non-hydrogen) atoms. The minimum Gasteiger partial charge on any atom is -0.508 e. The number of hydrogen-bond acceptors (Lipinski definition) is 20. The Hall–Kier alpha value is -11.0. The van der Waals surface area contributed by atoms with Gasteiger partial charge in [-0.05, 0) is 94.7 Å². The number of rotatable bonds is 48. The monoisotopic (exact) mass is 1380 g/mol. The number of nitrogens with one attached hydrogen (secondary N) is 10. The van der Waals surface area contributed by atoms with Gasteiger partial charge in [0.2, 0.25) is 59.1 Å². The average Bonchev–Trinajstić information content (AvgIpc) is 0.890. The van der Waals surface area contributed by atoms with Gasteiger partial charge in [0.1, 0.15) is 66.7 Å². The van der Waals surface area contributed by atoms with E-state index in [2.05, 4.69) is 63.2 Å². The number of aliphatic carboxylic acids is 6. The molecule has 40 heteroatoms. The molecule has 0 heterocycles. The van der Waals surface area contributed by atoms with Crippen molar-refractivity contribution < 1.29 is 112 Å². The lowest BCUT2D eigenvalue weighted by Crippen LogP contribution is -2.60. The van der Waals surface area contributed by atoms with E-state index in [0.29, 0.717) is 5.56 Å². The van der Waals surface area contributed by atoms with Gasteiger partial charge < -0.3 is 118 Å². The Labute approximate surface area is 554 Å². The largest absolute Gasteiger partial charge is 0.508 e. The lowest BCUT2D eigenvalue weighted by atomic mass is 10.0. The second-order valence-electron chi connectivity index (χ2n) is 22.5. The van der Waals surface area contributed by atoms with Crippen LogP contribution in [0.5, 0.6) is 5.75 Å². The fraction of sp³-hybridized carbons (Fsp3) is 0.579. The average molecular weight is 1380 g/mol. The van der Waals surface area contributed by atoms with Crippen molar-refractivity contribution in [2.75, 3.05) is 19.6 Å². The van der Waals surface area contributed by atoms with Crippen molar-refractivity contribution in [3.63, 3.8) is 0 Å². The van der Waals surface area contributed by atoms with Crippen molar-refractivity contribution in [3.8, 4) is 5.75 Å². The summed E-state index contributed by atoms with van der Waals surface area (Å²) in [5.74, 6) is -21.8. The molecule has 540 valence electrons. The second kappa shape index (κ2) is 43.8. The predicted octanol–water partition coefficient (Wildman–Crippen LogP) is -6.68. The van der Waals surface area contributed by atoms with E-state index in [0.717, 1.165) is 6.92 Å². The molecular weight excluding hydrogens is 1290 g/mol. The molecule has 0 aromatic heterocycles. The first-order valence-corrected chi connectivity index (χ1v) is 30.3. The minimum absolute atomic E-state index is 0.00490. The van der Waals surface area contributed by atoms with Crippen LogP contribution in [0.25, 0.3) is 0 Å². The Balaban J connectivity index is 3.66. The first-order chi connectivity index (χ1) is 45.4. The van der Waals surface area contributed by atoms with Gasteiger partial charge in [-0.15, -0.1) is 0 Å². The van der Waals surface area contributed by atoms with Crippen molar-refractivity contribution >= 4 is 107 Å². The number of carbonyl (C=O) groups is 16. The number of hydrogen-bond donors (Lipinski definition) is 22. The van der Waals surface area contributed by atoms with E-state index in [1.807, 2.05) is 0 Å². The normalized spacial score (nSPS) is 13.9. The first-order valence-electron chi connectivity index (χ1n) is 30.3. The summed E-state index contributed by atoms with van der Waals surface area (Å²) >= 11 is 0. The number of carboxylic acid groups (broad SMARTS) is 6. The van der Waals surface area contributed by atoms with Crippen LogP contribution in [-0.4, -0.2) is 223 Å². The van der Waals surface area contributed by atoms with Gasteiger partial charge >= 0.3 is 35.8 Å². The van der Waals surface area contributed by atoms with E-state index in [1.54, 1.807) is 13.8 Å². The van der Waals surface area contributed by atoms with Crippen LogP contribution in [0.4, 0.5) is 0 Å². The molecule has 10 amide bonds. The van der Waals surface area contributed by atoms with Gasteiger partial charge in [0, 0.05) is 51.6 Å². The number of amides is 10. The van der Waals surface area contributed by atoms with Crippen molar-refractivity contribution in [2.24, 2.45) is 44.6 Å². The summed E-state index contributed by atoms with van der Waals surface area (Å²) in [6.07, 6.45) is -8.43. The molecule has 0 aliphatic heterocycles. The molecule has 0 aliphatic rings. The zero-order valence-corrected chi connectivity index (χ0v) is 53.5. The maximum atomic E-state index is 14.2. The summed E-state index contributed by atoms with van der Waals surface area (Å²) in [7, 11) is 0. The third-order valence-corrected chi connectivity index (χ3v) is 13.8. The zero-order valence-electron chi connectivity index (χ0n) is 53.5. The fourth-order valence-electron chi connectivity index (χ4n) is 8.76. The highest BCUT2D eigenvalue weighted by atomic mass is 16.4. The van der Waals surface area contributed by atoms with Crippen LogP contribution in [0, 0.1) is 5.92 Å². The standard InChI is InChI=1S/C57H89N17O23/c1-27(2)24-38(74-50(92)32(7-5-23-64-57(61)62)67-47(89)31(58)6-4-22-63-56(59)60)55(97)72-37(16-21-44(84)85)54(96)71-36(15-20-43(82)83)53(95)70-35(14-19-42(80)81)52(94)69-34(13-18-41(78)79)51(93)68-33(12-17-40(76)77)49(91)66-28(3)46(88)73-39(48(90)65-26-45(86)87)25-29-8-10-30(75)11-9-29/h8-11,27-28,31-39,75H,4-7,12-26,58H2,1-3H3,(H,65,90)(H,66,91)(H,67,89)(H,68,93)(H,69,94)(H,70,95)(H,71,96)(H,72,97)(H,73,88)(H,74,92)(H,76,77)(H,78,79)(H,80,81)(H,82,83)(H,84,85)(H,86,87)(H4,59,60,63)(H4,61,62,64)/t28-,31-,32-,33-,34-,35-,36-,37-,38-,39-/m0/s1. The first kappa shape index (κ1) is 84.1. The molecule has 0 radical (unpaired) electrons. The summed E-state index contributed by atoms with van der Waals surface area (Å²) < 4.78 is 0. The smallest absolute Gasteiger partial charge is 0.322 e. The van der Waals surface area contributed by atoms with E-state index in [9.17, 15) is 107 Å². The van der Waals surface area contributed by atoms with Crippen LogP contribution in [0.15, 0.2) is 34.3 Å². The maximum absolute atomic E-state index is 14.2. The molecule has 10 atom stereocenters. The van der Waals surface area contributed by atoms with Crippen LogP contribution in [0.1, 0.15) is 123 Å². The zero-order chi connectivity index (χ0) is 73.6. The number of benzene rings is 1. The van der Waals surface area contributed by atoms with Crippen LogP contribution >= 0.6 is 0 Å². The van der Waals surface area contributed by atoms with Gasteiger partial charge in [-0.25, -0.2) is 0 Å². The van der Waals surface area contributed by atoms with Crippen molar-refractivity contribution in [1.82, 2.24) is 53.2 Å². The Morgan fingerprint density at radius 1 is 0.381 bits per heavy atom. The molecule has 0 unspecified atom stereocenters. The maximum Gasteiger partial charge on any atom is 0.322 e. The van der Waals surface area contributed by atoms with Crippen molar-refractivity contribution in [2.45, 2.75) is 184 Å². The van der Waals surface area contributed by atoms with Crippen molar-refractivity contribution in [3.05, 3.63) is 29.8 Å². The molecule has 0 bridgehead atoms. The molecule has 0 saturated heterocycles. The summed E-state index contributed by atoms with van der Waals surface area (Å²) in [5, 5.41) is 89.6. The van der Waals surface area contributed by atoms with Gasteiger partial charge in [-0.1, -0.05) is 26.0 Å². The molecule has 27 N–H and O–H groups in total.